The second kappa shape index (κ2) is 8.27. The molecule has 0 aliphatic carbocycles. The summed E-state index contributed by atoms with van der Waals surface area (Å²) in [6.07, 6.45) is 0.798. The first-order valence-corrected chi connectivity index (χ1v) is 9.87. The van der Waals surface area contributed by atoms with Crippen molar-refractivity contribution in [2.45, 2.75) is 32.1 Å². The maximum absolute atomic E-state index is 12.6. The lowest BCUT2D eigenvalue weighted by molar-refractivity contribution is 0.102. The third-order valence-corrected chi connectivity index (χ3v) is 6.13. The van der Waals surface area contributed by atoms with Gasteiger partial charge in [0.05, 0.1) is 4.90 Å². The number of carbonyl (C=O) groups excluding carboxylic acids is 1. The van der Waals surface area contributed by atoms with Crippen molar-refractivity contribution >= 4 is 21.6 Å². The number of nitrogens with one attached hydrogen (secondary N) is 1. The number of benzene rings is 2. The minimum absolute atomic E-state index is 0.132. The van der Waals surface area contributed by atoms with E-state index in [1.165, 1.54) is 16.4 Å². The molecule has 0 bridgehead atoms. The van der Waals surface area contributed by atoms with E-state index in [2.05, 4.69) is 5.32 Å². The summed E-state index contributed by atoms with van der Waals surface area (Å²) in [5.74, 6) is -0.322. The van der Waals surface area contributed by atoms with Crippen molar-refractivity contribution in [2.75, 3.05) is 18.4 Å². The van der Waals surface area contributed by atoms with Crippen LogP contribution in [0.15, 0.2) is 53.4 Å². The van der Waals surface area contributed by atoms with Crippen LogP contribution < -0.4 is 5.32 Å². The number of anilines is 1. The van der Waals surface area contributed by atoms with Crippen LogP contribution in [0.1, 0.15) is 36.7 Å². The molecule has 134 valence electrons. The Bertz CT molecular complexity index is 843. The summed E-state index contributed by atoms with van der Waals surface area (Å²) in [6, 6.07) is 13.7. The first-order valence-electron chi connectivity index (χ1n) is 8.43. The Labute approximate surface area is 149 Å². The molecular weight excluding hydrogens is 336 g/mol. The molecule has 0 aliphatic heterocycles. The maximum atomic E-state index is 12.6. The van der Waals surface area contributed by atoms with Crippen LogP contribution in [0.4, 0.5) is 5.69 Å². The number of nitrogens with zero attached hydrogens (tertiary/aromatic N) is 1. The van der Waals surface area contributed by atoms with Gasteiger partial charge in [0.15, 0.2) is 0 Å². The highest BCUT2D eigenvalue weighted by Gasteiger charge is 2.22. The molecule has 2 aromatic rings. The molecule has 0 radical (unpaired) electrons. The normalized spacial score (nSPS) is 11.5. The number of para-hydroxylation sites is 1. The molecule has 1 amide bonds. The molecule has 0 aliphatic rings. The van der Waals surface area contributed by atoms with Crippen molar-refractivity contribution in [3.05, 3.63) is 59.7 Å². The van der Waals surface area contributed by atoms with Gasteiger partial charge in [-0.1, -0.05) is 45.0 Å². The van der Waals surface area contributed by atoms with E-state index in [1.54, 1.807) is 26.0 Å². The summed E-state index contributed by atoms with van der Waals surface area (Å²) in [5.41, 5.74) is 2.09. The third kappa shape index (κ3) is 4.27. The highest BCUT2D eigenvalue weighted by molar-refractivity contribution is 7.89. The zero-order valence-electron chi connectivity index (χ0n) is 14.8. The summed E-state index contributed by atoms with van der Waals surface area (Å²) in [7, 11) is -3.59. The number of hydrogen-bond acceptors (Lipinski definition) is 3. The number of amides is 1. The fourth-order valence-electron chi connectivity index (χ4n) is 2.66. The molecular formula is C19H24N2O3S. The largest absolute Gasteiger partial charge is 0.322 e. The highest BCUT2D eigenvalue weighted by Crippen LogP contribution is 2.20. The van der Waals surface area contributed by atoms with Crippen LogP contribution >= 0.6 is 0 Å². The van der Waals surface area contributed by atoms with E-state index in [-0.39, 0.29) is 10.8 Å². The van der Waals surface area contributed by atoms with E-state index in [1.807, 2.05) is 31.2 Å². The topological polar surface area (TPSA) is 66.5 Å². The molecule has 0 spiro atoms. The van der Waals surface area contributed by atoms with Gasteiger partial charge in [-0.15, -0.1) is 0 Å². The van der Waals surface area contributed by atoms with Gasteiger partial charge in [-0.05, 0) is 36.2 Å². The minimum atomic E-state index is -3.59. The standard InChI is InChI=1S/C19H24N2O3S/c1-4-15-10-7-8-13-18(15)20-19(22)16-11-9-12-17(14-16)25(23,24)21(5-2)6-3/h7-14H,4-6H2,1-3H3,(H,20,22). The van der Waals surface area contributed by atoms with Crippen LogP contribution in [0.3, 0.4) is 0 Å². The Balaban J connectivity index is 2.31. The van der Waals surface area contributed by atoms with Gasteiger partial charge in [0.1, 0.15) is 0 Å². The monoisotopic (exact) mass is 360 g/mol. The lowest BCUT2D eigenvalue weighted by Gasteiger charge is -2.18. The Kier molecular flexibility index (Phi) is 6.33. The molecule has 25 heavy (non-hydrogen) atoms. The Morgan fingerprint density at radius 2 is 1.68 bits per heavy atom. The van der Waals surface area contributed by atoms with Crippen molar-refractivity contribution in [1.82, 2.24) is 4.31 Å². The van der Waals surface area contributed by atoms with E-state index in [0.717, 1.165) is 17.7 Å². The highest BCUT2D eigenvalue weighted by atomic mass is 32.2. The van der Waals surface area contributed by atoms with E-state index in [4.69, 9.17) is 0 Å². The van der Waals surface area contributed by atoms with Crippen LogP contribution in [-0.2, 0) is 16.4 Å². The van der Waals surface area contributed by atoms with Crippen molar-refractivity contribution in [1.29, 1.82) is 0 Å². The Morgan fingerprint density at radius 1 is 1.00 bits per heavy atom. The number of sulfonamides is 1. The lowest BCUT2D eigenvalue weighted by Crippen LogP contribution is -2.30. The van der Waals surface area contributed by atoms with Crippen molar-refractivity contribution < 1.29 is 13.2 Å². The minimum Gasteiger partial charge on any atom is -0.322 e. The first-order chi connectivity index (χ1) is 11.9. The summed E-state index contributed by atoms with van der Waals surface area (Å²) >= 11 is 0. The fourth-order valence-corrected chi connectivity index (χ4v) is 4.16. The molecule has 0 fully saturated rings. The van der Waals surface area contributed by atoms with Gasteiger partial charge >= 0.3 is 0 Å². The van der Waals surface area contributed by atoms with Crippen LogP contribution in [0.5, 0.6) is 0 Å². The van der Waals surface area contributed by atoms with Crippen LogP contribution in [-0.4, -0.2) is 31.7 Å². The van der Waals surface area contributed by atoms with Gasteiger partial charge in [-0.25, -0.2) is 8.42 Å². The van der Waals surface area contributed by atoms with Gasteiger partial charge in [0, 0.05) is 24.3 Å². The van der Waals surface area contributed by atoms with Crippen molar-refractivity contribution in [2.24, 2.45) is 0 Å². The van der Waals surface area contributed by atoms with Crippen LogP contribution in [0, 0.1) is 0 Å². The van der Waals surface area contributed by atoms with E-state index in [0.29, 0.717) is 18.7 Å². The molecule has 5 nitrogen and oxygen atoms in total. The van der Waals surface area contributed by atoms with Gasteiger partial charge in [0.25, 0.3) is 5.91 Å². The van der Waals surface area contributed by atoms with Gasteiger partial charge < -0.3 is 5.32 Å². The van der Waals surface area contributed by atoms with Gasteiger partial charge in [-0.2, -0.15) is 4.31 Å². The first kappa shape index (κ1) is 19.1. The molecule has 0 aromatic heterocycles. The third-order valence-electron chi connectivity index (χ3n) is 4.09. The molecule has 2 aromatic carbocycles. The van der Waals surface area contributed by atoms with Crippen molar-refractivity contribution in [3.63, 3.8) is 0 Å². The molecule has 0 unspecified atom stereocenters. The predicted molar refractivity (Wildman–Crippen MR) is 100 cm³/mol. The number of rotatable bonds is 7. The molecule has 0 heterocycles. The zero-order chi connectivity index (χ0) is 18.4. The van der Waals surface area contributed by atoms with Crippen LogP contribution in [0.25, 0.3) is 0 Å². The number of hydrogen-bond donors (Lipinski definition) is 1. The molecule has 2 rings (SSSR count). The average Bonchev–Trinajstić information content (AvgIpc) is 2.63. The van der Waals surface area contributed by atoms with Crippen LogP contribution in [0.2, 0.25) is 0 Å². The van der Waals surface area contributed by atoms with Gasteiger partial charge in [0.2, 0.25) is 10.0 Å². The van der Waals surface area contributed by atoms with E-state index >= 15 is 0 Å². The molecule has 0 saturated carbocycles. The number of aryl methyl sites for hydroxylation is 1. The Hall–Kier alpha value is -2.18. The Morgan fingerprint density at radius 3 is 2.32 bits per heavy atom. The number of carbonyl (C=O) groups is 1. The second-order valence-electron chi connectivity index (χ2n) is 5.58. The predicted octanol–water partition coefficient (Wildman–Crippen LogP) is 3.53. The smallest absolute Gasteiger partial charge is 0.255 e. The average molecular weight is 360 g/mol. The molecule has 1 N–H and O–H groups in total. The molecule has 0 atom stereocenters. The van der Waals surface area contributed by atoms with E-state index in [9.17, 15) is 13.2 Å². The summed E-state index contributed by atoms with van der Waals surface area (Å²) in [5, 5.41) is 2.87. The summed E-state index contributed by atoms with van der Waals surface area (Å²) < 4.78 is 26.6. The zero-order valence-corrected chi connectivity index (χ0v) is 15.6. The van der Waals surface area contributed by atoms with E-state index < -0.39 is 10.0 Å². The molecule has 6 heteroatoms. The maximum Gasteiger partial charge on any atom is 0.255 e. The fraction of sp³-hybridized carbons (Fsp3) is 0.316. The summed E-state index contributed by atoms with van der Waals surface area (Å²) in [6.45, 7) is 6.37. The lowest BCUT2D eigenvalue weighted by atomic mass is 10.1. The summed E-state index contributed by atoms with van der Waals surface area (Å²) in [4.78, 5) is 12.7. The SMILES string of the molecule is CCc1ccccc1NC(=O)c1cccc(S(=O)(=O)N(CC)CC)c1. The molecule has 0 saturated heterocycles. The van der Waals surface area contributed by atoms with Gasteiger partial charge in [-0.3, -0.25) is 4.79 Å². The second-order valence-corrected chi connectivity index (χ2v) is 7.52. The quantitative estimate of drug-likeness (QED) is 0.821. The van der Waals surface area contributed by atoms with Crippen molar-refractivity contribution in [3.8, 4) is 0 Å².